The zero-order valence-electron chi connectivity index (χ0n) is 22.6. The van der Waals surface area contributed by atoms with Crippen molar-refractivity contribution < 1.29 is 0 Å². The van der Waals surface area contributed by atoms with Crippen LogP contribution in [-0.2, 0) is 5.41 Å². The molecule has 3 aromatic carbocycles. The summed E-state index contributed by atoms with van der Waals surface area (Å²) in [7, 11) is 0. The van der Waals surface area contributed by atoms with Gasteiger partial charge in [0, 0.05) is 49.2 Å². The minimum absolute atomic E-state index is 0.204. The Labute approximate surface area is 220 Å². The lowest BCUT2D eigenvalue weighted by molar-refractivity contribution is 0.484. The number of aryl methyl sites for hydroxylation is 1. The van der Waals surface area contributed by atoms with Gasteiger partial charge in [-0.05, 0) is 60.6 Å². The molecule has 0 bridgehead atoms. The van der Waals surface area contributed by atoms with Crippen LogP contribution in [0.4, 0.5) is 0 Å². The van der Waals surface area contributed by atoms with Crippen LogP contribution in [0.5, 0.6) is 0 Å². The molecule has 1 unspecified atom stereocenters. The van der Waals surface area contributed by atoms with Crippen molar-refractivity contribution >= 4 is 31.5 Å². The summed E-state index contributed by atoms with van der Waals surface area (Å²) in [6.07, 6.45) is 9.06. The van der Waals surface area contributed by atoms with Gasteiger partial charge in [0.1, 0.15) is 5.82 Å². The maximum Gasteiger partial charge on any atom is 0.144 e. The quantitative estimate of drug-likeness (QED) is 0.238. The van der Waals surface area contributed by atoms with E-state index in [2.05, 4.69) is 113 Å². The number of hydrogen-bond acceptors (Lipinski definition) is 2. The number of nitrogens with zero attached hydrogens (tertiary/aromatic N) is 2. The summed E-state index contributed by atoms with van der Waals surface area (Å²) in [4.78, 5) is 4.93. The van der Waals surface area contributed by atoms with Gasteiger partial charge >= 0.3 is 0 Å². The monoisotopic (exact) mass is 494 g/mol. The minimum atomic E-state index is 0.204. The summed E-state index contributed by atoms with van der Waals surface area (Å²) in [5.41, 5.74) is 5.71. The number of benzene rings is 3. The van der Waals surface area contributed by atoms with Gasteiger partial charge in [0.2, 0.25) is 0 Å². The molecule has 0 aliphatic heterocycles. The summed E-state index contributed by atoms with van der Waals surface area (Å²) in [6, 6.07) is 22.3. The van der Waals surface area contributed by atoms with Crippen LogP contribution in [0.25, 0.3) is 37.2 Å². The standard InChI is InChI=1S/C29H28N2S.C4H10/c1-5-29(18-28(29,3)4)23-17-26-21(20-11-7-9-13-25(20)32-26)16-22(23)27-30-14-15-31(27)24-12-8-6-10-19(24)2;1-3-4-2/h6-17H,5,18H2,1-4H3;3-4H2,1-2H3. The zero-order chi connectivity index (χ0) is 25.5. The first-order valence-corrected chi connectivity index (χ1v) is 14.2. The van der Waals surface area contributed by atoms with Crippen molar-refractivity contribution in [3.05, 3.63) is 84.2 Å². The molecule has 0 saturated heterocycles. The normalized spacial score (nSPS) is 18.3. The third kappa shape index (κ3) is 3.98. The number of fused-ring (bicyclic) bond motifs is 3. The van der Waals surface area contributed by atoms with Gasteiger partial charge in [0.15, 0.2) is 0 Å². The number of imidazole rings is 1. The number of hydrogen-bond donors (Lipinski definition) is 0. The molecule has 5 aromatic rings. The number of aromatic nitrogens is 2. The maximum absolute atomic E-state index is 4.93. The molecule has 1 atom stereocenters. The van der Waals surface area contributed by atoms with E-state index in [0.717, 1.165) is 12.2 Å². The van der Waals surface area contributed by atoms with Gasteiger partial charge in [-0.15, -0.1) is 11.3 Å². The van der Waals surface area contributed by atoms with Crippen molar-refractivity contribution in [2.24, 2.45) is 5.41 Å². The third-order valence-electron chi connectivity index (χ3n) is 8.31. The predicted octanol–water partition coefficient (Wildman–Crippen LogP) is 10.1. The fourth-order valence-electron chi connectivity index (χ4n) is 5.85. The Morgan fingerprint density at radius 2 is 1.58 bits per heavy atom. The molecule has 1 aliphatic carbocycles. The van der Waals surface area contributed by atoms with Crippen LogP contribution in [0.15, 0.2) is 73.1 Å². The Hall–Kier alpha value is -2.91. The highest BCUT2D eigenvalue weighted by Crippen LogP contribution is 2.67. The number of thiophene rings is 1. The summed E-state index contributed by atoms with van der Waals surface area (Å²) in [6.45, 7) is 13.7. The molecule has 0 amide bonds. The lowest BCUT2D eigenvalue weighted by Gasteiger charge is -2.23. The molecule has 3 heteroatoms. The molecule has 1 fully saturated rings. The Kier molecular flexibility index (Phi) is 6.55. The highest BCUT2D eigenvalue weighted by molar-refractivity contribution is 7.25. The average molecular weight is 495 g/mol. The van der Waals surface area contributed by atoms with E-state index >= 15 is 0 Å². The predicted molar refractivity (Wildman–Crippen MR) is 158 cm³/mol. The number of unbranched alkanes of at least 4 members (excludes halogenated alkanes) is 1. The highest BCUT2D eigenvalue weighted by atomic mass is 32.1. The molecular weight excluding hydrogens is 456 g/mol. The van der Waals surface area contributed by atoms with Crippen LogP contribution in [0.1, 0.15) is 71.4 Å². The average Bonchev–Trinajstić information content (AvgIpc) is 3.21. The van der Waals surface area contributed by atoms with E-state index in [1.165, 1.54) is 61.8 Å². The largest absolute Gasteiger partial charge is 0.300 e. The SMILES string of the molecule is CCC1(c2cc3sc4ccccc4c3cc2-c2nccn2-c2ccccc2C)CC1(C)C.CCCC. The van der Waals surface area contributed by atoms with Gasteiger partial charge in [-0.3, -0.25) is 4.57 Å². The van der Waals surface area contributed by atoms with E-state index in [4.69, 9.17) is 4.98 Å². The van der Waals surface area contributed by atoms with Crippen molar-refractivity contribution in [3.63, 3.8) is 0 Å². The molecule has 2 aromatic heterocycles. The molecule has 0 N–H and O–H groups in total. The second-order valence-corrected chi connectivity index (χ2v) is 12.0. The van der Waals surface area contributed by atoms with Crippen LogP contribution in [0.3, 0.4) is 0 Å². The molecule has 0 radical (unpaired) electrons. The van der Waals surface area contributed by atoms with E-state index in [-0.39, 0.29) is 5.41 Å². The summed E-state index contributed by atoms with van der Waals surface area (Å²) < 4.78 is 5.01. The minimum Gasteiger partial charge on any atom is -0.300 e. The van der Waals surface area contributed by atoms with E-state index < -0.39 is 0 Å². The van der Waals surface area contributed by atoms with E-state index in [1.807, 2.05) is 17.5 Å². The van der Waals surface area contributed by atoms with E-state index in [9.17, 15) is 0 Å². The molecule has 186 valence electrons. The lowest BCUT2D eigenvalue weighted by atomic mass is 9.82. The van der Waals surface area contributed by atoms with Crippen LogP contribution in [-0.4, -0.2) is 9.55 Å². The maximum atomic E-state index is 4.93. The fourth-order valence-corrected chi connectivity index (χ4v) is 6.97. The van der Waals surface area contributed by atoms with Crippen molar-refractivity contribution in [3.8, 4) is 17.1 Å². The summed E-state index contributed by atoms with van der Waals surface area (Å²) in [5, 5.41) is 2.68. The van der Waals surface area contributed by atoms with Crippen LogP contribution < -0.4 is 0 Å². The third-order valence-corrected chi connectivity index (χ3v) is 9.44. The smallest absolute Gasteiger partial charge is 0.144 e. The molecule has 1 saturated carbocycles. The zero-order valence-corrected chi connectivity index (χ0v) is 23.4. The van der Waals surface area contributed by atoms with Gasteiger partial charge in [-0.25, -0.2) is 4.98 Å². The Morgan fingerprint density at radius 1 is 0.889 bits per heavy atom. The Balaban J connectivity index is 0.000000623. The lowest BCUT2D eigenvalue weighted by Crippen LogP contribution is -2.15. The fraction of sp³-hybridized carbons (Fsp3) is 0.364. The van der Waals surface area contributed by atoms with Crippen molar-refractivity contribution in [2.75, 3.05) is 0 Å². The van der Waals surface area contributed by atoms with Gasteiger partial charge in [0.05, 0.1) is 0 Å². The molecule has 2 heterocycles. The van der Waals surface area contributed by atoms with Crippen LogP contribution >= 0.6 is 11.3 Å². The summed E-state index contributed by atoms with van der Waals surface area (Å²) >= 11 is 1.91. The van der Waals surface area contributed by atoms with Crippen molar-refractivity contribution in [1.29, 1.82) is 0 Å². The van der Waals surface area contributed by atoms with Crippen LogP contribution in [0, 0.1) is 12.3 Å². The first kappa shape index (κ1) is 24.8. The van der Waals surface area contributed by atoms with Crippen molar-refractivity contribution in [1.82, 2.24) is 9.55 Å². The van der Waals surface area contributed by atoms with Crippen LogP contribution in [0.2, 0.25) is 0 Å². The topological polar surface area (TPSA) is 17.8 Å². The summed E-state index contributed by atoms with van der Waals surface area (Å²) in [5.74, 6) is 1.04. The first-order valence-electron chi connectivity index (χ1n) is 13.4. The molecule has 2 nitrogen and oxygen atoms in total. The van der Waals surface area contributed by atoms with Gasteiger partial charge in [0.25, 0.3) is 0 Å². The Morgan fingerprint density at radius 3 is 2.25 bits per heavy atom. The van der Waals surface area contributed by atoms with Crippen molar-refractivity contribution in [2.45, 2.75) is 72.6 Å². The van der Waals surface area contributed by atoms with Gasteiger partial charge < -0.3 is 0 Å². The molecular formula is C33H38N2S. The Bertz CT molecular complexity index is 1520. The molecule has 36 heavy (non-hydrogen) atoms. The van der Waals surface area contributed by atoms with Gasteiger partial charge in [-0.1, -0.05) is 83.9 Å². The second-order valence-electron chi connectivity index (χ2n) is 10.9. The number of para-hydroxylation sites is 1. The number of rotatable bonds is 5. The molecule has 0 spiro atoms. The van der Waals surface area contributed by atoms with Gasteiger partial charge in [-0.2, -0.15) is 0 Å². The molecule has 1 aliphatic rings. The second kappa shape index (κ2) is 9.52. The first-order chi connectivity index (χ1) is 17.4. The van der Waals surface area contributed by atoms with E-state index in [0.29, 0.717) is 5.41 Å². The molecule has 6 rings (SSSR count). The highest BCUT2D eigenvalue weighted by Gasteiger charge is 2.61. The van der Waals surface area contributed by atoms with E-state index in [1.54, 1.807) is 0 Å².